The van der Waals surface area contributed by atoms with E-state index in [4.69, 9.17) is 14.2 Å². The minimum atomic E-state index is 0.0474. The van der Waals surface area contributed by atoms with E-state index in [-0.39, 0.29) is 11.7 Å². The molecule has 0 bridgehead atoms. The van der Waals surface area contributed by atoms with Gasteiger partial charge in [0.1, 0.15) is 0 Å². The van der Waals surface area contributed by atoms with Gasteiger partial charge < -0.3 is 14.2 Å². The van der Waals surface area contributed by atoms with Crippen molar-refractivity contribution in [3.05, 3.63) is 35.4 Å². The van der Waals surface area contributed by atoms with Crippen molar-refractivity contribution in [2.24, 2.45) is 5.92 Å². The fraction of sp³-hybridized carbons (Fsp3) is 0.526. The molecule has 0 radical (unpaired) electrons. The third-order valence-electron chi connectivity index (χ3n) is 3.48. The summed E-state index contributed by atoms with van der Waals surface area (Å²) in [6.07, 6.45) is 3.62. The van der Waals surface area contributed by atoms with Gasteiger partial charge in [0.25, 0.3) is 0 Å². The van der Waals surface area contributed by atoms with Crippen LogP contribution in [0.1, 0.15) is 44.0 Å². The van der Waals surface area contributed by atoms with Crippen molar-refractivity contribution >= 4 is 5.78 Å². The first kappa shape index (κ1) is 19.2. The fourth-order valence-electron chi connectivity index (χ4n) is 2.29. The molecule has 1 rings (SSSR count). The average molecular weight is 320 g/mol. The lowest BCUT2D eigenvalue weighted by Gasteiger charge is -2.14. The largest absolute Gasteiger partial charge is 0.493 e. The molecule has 0 aliphatic heterocycles. The van der Waals surface area contributed by atoms with Crippen LogP contribution in [-0.4, -0.2) is 33.2 Å². The Labute approximate surface area is 139 Å². The van der Waals surface area contributed by atoms with E-state index >= 15 is 0 Å². The number of methoxy groups -OCH3 is 2. The number of ketones is 1. The molecule has 0 N–H and O–H groups in total. The second-order valence-corrected chi connectivity index (χ2v) is 5.61. The van der Waals surface area contributed by atoms with E-state index in [1.165, 1.54) is 0 Å². The zero-order chi connectivity index (χ0) is 17.2. The fourth-order valence-corrected chi connectivity index (χ4v) is 2.29. The van der Waals surface area contributed by atoms with Crippen molar-refractivity contribution in [1.82, 2.24) is 0 Å². The zero-order valence-corrected chi connectivity index (χ0v) is 14.8. The Balaban J connectivity index is 2.99. The summed E-state index contributed by atoms with van der Waals surface area (Å²) in [7, 11) is 3.25. The van der Waals surface area contributed by atoms with Crippen molar-refractivity contribution in [2.75, 3.05) is 27.4 Å². The van der Waals surface area contributed by atoms with Crippen LogP contribution in [0.4, 0.5) is 0 Å². The first-order chi connectivity index (χ1) is 11.0. The molecule has 0 unspecified atom stereocenters. The molecule has 1 aromatic carbocycles. The number of ether oxygens (including phenoxy) is 3. The van der Waals surface area contributed by atoms with Crippen LogP contribution in [0.2, 0.25) is 0 Å². The summed E-state index contributed by atoms with van der Waals surface area (Å²) < 4.78 is 16.1. The van der Waals surface area contributed by atoms with Crippen molar-refractivity contribution in [2.45, 2.75) is 33.6 Å². The van der Waals surface area contributed by atoms with Crippen LogP contribution in [0.5, 0.6) is 11.5 Å². The van der Waals surface area contributed by atoms with Crippen LogP contribution in [0, 0.1) is 5.92 Å². The van der Waals surface area contributed by atoms with E-state index in [0.29, 0.717) is 30.3 Å². The monoisotopic (exact) mass is 320 g/mol. The number of Topliss-reactive ketones (excluding diaryl/α,β-unsaturated/α-hetero) is 1. The summed E-state index contributed by atoms with van der Waals surface area (Å²) in [5.41, 5.74) is 1.46. The molecule has 0 heterocycles. The predicted molar refractivity (Wildman–Crippen MR) is 92.5 cm³/mol. The van der Waals surface area contributed by atoms with E-state index in [1.807, 2.05) is 26.8 Å². The van der Waals surface area contributed by atoms with Crippen LogP contribution in [-0.2, 0) is 4.74 Å². The predicted octanol–water partition coefficient (Wildman–Crippen LogP) is 4.29. The summed E-state index contributed by atoms with van der Waals surface area (Å²) in [5, 5.41) is 0. The number of rotatable bonds is 10. The van der Waals surface area contributed by atoms with Gasteiger partial charge in [-0.2, -0.15) is 0 Å². The summed E-state index contributed by atoms with van der Waals surface area (Å²) in [4.78, 5) is 12.7. The average Bonchev–Trinajstić information content (AvgIpc) is 2.55. The highest BCUT2D eigenvalue weighted by Crippen LogP contribution is 2.30. The quantitative estimate of drug-likeness (QED) is 0.366. The van der Waals surface area contributed by atoms with Gasteiger partial charge in [-0.1, -0.05) is 26.8 Å². The molecule has 0 saturated heterocycles. The standard InChI is InChI=1S/C19H28O4/c1-6-8-16(14(2)3)19(20)15-9-10-17(22-5)18(13-15)23-12-7-11-21-4/h8-10,13-14H,6-7,11-12H2,1-5H3/b16-8+. The Morgan fingerprint density at radius 2 is 1.91 bits per heavy atom. The number of carbonyl (C=O) groups excluding carboxylic acids is 1. The molecule has 0 fully saturated rings. The van der Waals surface area contributed by atoms with Gasteiger partial charge in [-0.3, -0.25) is 4.79 Å². The van der Waals surface area contributed by atoms with E-state index < -0.39 is 0 Å². The second-order valence-electron chi connectivity index (χ2n) is 5.61. The molecule has 0 aliphatic rings. The van der Waals surface area contributed by atoms with Crippen molar-refractivity contribution < 1.29 is 19.0 Å². The maximum atomic E-state index is 12.7. The summed E-state index contributed by atoms with van der Waals surface area (Å²) >= 11 is 0. The second kappa shape index (κ2) is 10.1. The molecule has 0 atom stereocenters. The summed E-state index contributed by atoms with van der Waals surface area (Å²) in [6, 6.07) is 5.33. The molecule has 0 aliphatic carbocycles. The van der Waals surface area contributed by atoms with Gasteiger partial charge >= 0.3 is 0 Å². The lowest BCUT2D eigenvalue weighted by Crippen LogP contribution is -2.10. The van der Waals surface area contributed by atoms with E-state index in [1.54, 1.807) is 32.4 Å². The number of hydrogen-bond acceptors (Lipinski definition) is 4. The number of hydrogen-bond donors (Lipinski definition) is 0. The zero-order valence-electron chi connectivity index (χ0n) is 14.8. The summed E-state index contributed by atoms with van der Waals surface area (Å²) in [5.74, 6) is 1.46. The summed E-state index contributed by atoms with van der Waals surface area (Å²) in [6.45, 7) is 7.26. The molecule has 128 valence electrons. The molecular weight excluding hydrogens is 292 g/mol. The molecule has 0 spiro atoms. The van der Waals surface area contributed by atoms with E-state index in [9.17, 15) is 4.79 Å². The number of benzene rings is 1. The molecule has 0 aromatic heterocycles. The Bertz CT molecular complexity index is 532. The third kappa shape index (κ3) is 5.71. The number of carbonyl (C=O) groups is 1. The van der Waals surface area contributed by atoms with Gasteiger partial charge in [0.05, 0.1) is 13.7 Å². The van der Waals surface area contributed by atoms with Gasteiger partial charge in [-0.05, 0) is 36.1 Å². The van der Waals surface area contributed by atoms with E-state index in [2.05, 4.69) is 0 Å². The lowest BCUT2D eigenvalue weighted by atomic mass is 9.93. The van der Waals surface area contributed by atoms with E-state index in [0.717, 1.165) is 18.4 Å². The van der Waals surface area contributed by atoms with Crippen molar-refractivity contribution in [3.63, 3.8) is 0 Å². The minimum absolute atomic E-state index is 0.0474. The van der Waals surface area contributed by atoms with Crippen LogP contribution in [0.3, 0.4) is 0 Å². The van der Waals surface area contributed by atoms with Gasteiger partial charge in [0.2, 0.25) is 0 Å². The smallest absolute Gasteiger partial charge is 0.189 e. The topological polar surface area (TPSA) is 44.8 Å². The van der Waals surface area contributed by atoms with Crippen LogP contribution in [0.25, 0.3) is 0 Å². The van der Waals surface area contributed by atoms with Gasteiger partial charge in [-0.15, -0.1) is 0 Å². The molecule has 1 aromatic rings. The maximum Gasteiger partial charge on any atom is 0.189 e. The highest BCUT2D eigenvalue weighted by molar-refractivity contribution is 6.09. The van der Waals surface area contributed by atoms with Gasteiger partial charge in [-0.25, -0.2) is 0 Å². The first-order valence-corrected chi connectivity index (χ1v) is 8.09. The van der Waals surface area contributed by atoms with Gasteiger partial charge in [0, 0.05) is 25.7 Å². The van der Waals surface area contributed by atoms with Crippen molar-refractivity contribution in [3.8, 4) is 11.5 Å². The molecule has 4 heteroatoms. The maximum absolute atomic E-state index is 12.7. The number of allylic oxidation sites excluding steroid dienone is 2. The Morgan fingerprint density at radius 3 is 2.48 bits per heavy atom. The lowest BCUT2D eigenvalue weighted by molar-refractivity contribution is 0.102. The first-order valence-electron chi connectivity index (χ1n) is 8.09. The van der Waals surface area contributed by atoms with Gasteiger partial charge in [0.15, 0.2) is 17.3 Å². The molecular formula is C19H28O4. The third-order valence-corrected chi connectivity index (χ3v) is 3.48. The molecule has 0 amide bonds. The minimum Gasteiger partial charge on any atom is -0.493 e. The molecule has 0 saturated carbocycles. The van der Waals surface area contributed by atoms with Crippen LogP contribution < -0.4 is 9.47 Å². The molecule has 23 heavy (non-hydrogen) atoms. The van der Waals surface area contributed by atoms with Crippen LogP contribution >= 0.6 is 0 Å². The normalized spacial score (nSPS) is 11.7. The Hall–Kier alpha value is -1.81. The Morgan fingerprint density at radius 1 is 1.17 bits per heavy atom. The SMILES string of the molecule is CC/C=C(/C(=O)c1ccc(OC)c(OCCCOC)c1)C(C)C. The van der Waals surface area contributed by atoms with Crippen molar-refractivity contribution in [1.29, 1.82) is 0 Å². The highest BCUT2D eigenvalue weighted by Gasteiger charge is 2.17. The Kier molecular flexibility index (Phi) is 8.41. The molecule has 4 nitrogen and oxygen atoms in total. The highest BCUT2D eigenvalue weighted by atomic mass is 16.5. The van der Waals surface area contributed by atoms with Crippen LogP contribution in [0.15, 0.2) is 29.8 Å².